The highest BCUT2D eigenvalue weighted by molar-refractivity contribution is 5.95. The lowest BCUT2D eigenvalue weighted by Gasteiger charge is -2.38. The van der Waals surface area contributed by atoms with Gasteiger partial charge in [-0.05, 0) is 37.8 Å². The molecule has 0 aromatic carbocycles. The number of piperidine rings is 1. The van der Waals surface area contributed by atoms with Crippen molar-refractivity contribution in [1.82, 2.24) is 29.9 Å². The Kier molecular flexibility index (Phi) is 6.33. The molecule has 2 aliphatic rings. The van der Waals surface area contributed by atoms with E-state index < -0.39 is 6.10 Å². The molecule has 0 spiro atoms. The molecular formula is C22H30N6O3. The van der Waals surface area contributed by atoms with Crippen molar-refractivity contribution in [3.8, 4) is 0 Å². The minimum absolute atomic E-state index is 0.0104. The van der Waals surface area contributed by atoms with E-state index in [-0.39, 0.29) is 23.9 Å². The molecule has 9 nitrogen and oxygen atoms in total. The van der Waals surface area contributed by atoms with Crippen LogP contribution in [-0.2, 0) is 18.4 Å². The maximum absolute atomic E-state index is 12.9. The number of amides is 2. The predicted molar refractivity (Wildman–Crippen MR) is 114 cm³/mol. The highest BCUT2D eigenvalue weighted by Gasteiger charge is 2.41. The Morgan fingerprint density at radius 2 is 2.06 bits per heavy atom. The largest absolute Gasteiger partial charge is 0.392 e. The van der Waals surface area contributed by atoms with Crippen LogP contribution in [0.2, 0.25) is 0 Å². The van der Waals surface area contributed by atoms with Crippen LogP contribution in [0.3, 0.4) is 0 Å². The first-order valence-electron chi connectivity index (χ1n) is 10.8. The number of carbonyl (C=O) groups excluding carboxylic acids is 2. The summed E-state index contributed by atoms with van der Waals surface area (Å²) in [7, 11) is 1.81. The lowest BCUT2D eigenvalue weighted by atomic mass is 10.0. The third kappa shape index (κ3) is 4.77. The zero-order chi connectivity index (χ0) is 22.0. The van der Waals surface area contributed by atoms with Gasteiger partial charge in [0.15, 0.2) is 0 Å². The molecule has 0 saturated carbocycles. The summed E-state index contributed by atoms with van der Waals surface area (Å²) in [5.74, 6) is -0.0545. The first kappa shape index (κ1) is 21.5. The van der Waals surface area contributed by atoms with Gasteiger partial charge in [-0.3, -0.25) is 24.2 Å². The van der Waals surface area contributed by atoms with E-state index in [4.69, 9.17) is 0 Å². The van der Waals surface area contributed by atoms with Crippen molar-refractivity contribution in [2.75, 3.05) is 19.6 Å². The number of nitrogens with one attached hydrogen (secondary N) is 1. The Morgan fingerprint density at radius 1 is 1.29 bits per heavy atom. The molecule has 0 aliphatic carbocycles. The quantitative estimate of drug-likeness (QED) is 0.721. The smallest absolute Gasteiger partial charge is 0.257 e. The molecule has 2 saturated heterocycles. The first-order chi connectivity index (χ1) is 14.9. The number of aromatic nitrogens is 3. The molecule has 2 aromatic rings. The summed E-state index contributed by atoms with van der Waals surface area (Å²) in [6, 6.07) is 3.59. The van der Waals surface area contributed by atoms with Gasteiger partial charge in [0.1, 0.15) is 0 Å². The third-order valence-electron chi connectivity index (χ3n) is 6.27. The molecule has 2 atom stereocenters. The SMILES string of the molecule is Cc1nn(C)cc1C(=O)N1CCC(N2C[C@H](O)C[C@H]2C(=O)NCc2cccnc2)CC1. The summed E-state index contributed by atoms with van der Waals surface area (Å²) in [6.07, 6.45) is 6.70. The predicted octanol–water partition coefficient (Wildman–Crippen LogP) is 0.480. The van der Waals surface area contributed by atoms with Crippen LogP contribution in [0.25, 0.3) is 0 Å². The van der Waals surface area contributed by atoms with Gasteiger partial charge in [-0.15, -0.1) is 0 Å². The van der Waals surface area contributed by atoms with Crippen molar-refractivity contribution in [2.24, 2.45) is 7.05 Å². The van der Waals surface area contributed by atoms with Gasteiger partial charge in [-0.25, -0.2) is 0 Å². The Morgan fingerprint density at radius 3 is 2.71 bits per heavy atom. The van der Waals surface area contributed by atoms with Crippen LogP contribution in [-0.4, -0.2) is 79.3 Å². The summed E-state index contributed by atoms with van der Waals surface area (Å²) >= 11 is 0. The number of rotatable bonds is 5. The van der Waals surface area contributed by atoms with Gasteiger partial charge < -0.3 is 15.3 Å². The fourth-order valence-electron chi connectivity index (χ4n) is 4.69. The van der Waals surface area contributed by atoms with Gasteiger partial charge in [-0.2, -0.15) is 5.10 Å². The number of aliphatic hydroxyl groups is 1. The van der Waals surface area contributed by atoms with Gasteiger partial charge in [0, 0.05) is 57.9 Å². The third-order valence-corrected chi connectivity index (χ3v) is 6.27. The van der Waals surface area contributed by atoms with E-state index in [9.17, 15) is 14.7 Å². The molecule has 166 valence electrons. The molecule has 2 fully saturated rings. The molecule has 2 N–H and O–H groups in total. The van der Waals surface area contributed by atoms with Crippen LogP contribution >= 0.6 is 0 Å². The van der Waals surface area contributed by atoms with Gasteiger partial charge in [-0.1, -0.05) is 6.07 Å². The Balaban J connectivity index is 1.34. The lowest BCUT2D eigenvalue weighted by molar-refractivity contribution is -0.126. The number of likely N-dealkylation sites (tertiary alicyclic amines) is 2. The maximum Gasteiger partial charge on any atom is 0.257 e. The fraction of sp³-hybridized carbons (Fsp3) is 0.545. The number of pyridine rings is 1. The van der Waals surface area contributed by atoms with Crippen molar-refractivity contribution in [3.05, 3.63) is 47.5 Å². The average molecular weight is 427 g/mol. The van der Waals surface area contributed by atoms with Crippen molar-refractivity contribution >= 4 is 11.8 Å². The van der Waals surface area contributed by atoms with Crippen molar-refractivity contribution in [2.45, 2.75) is 50.9 Å². The molecule has 4 heterocycles. The number of hydrogen-bond acceptors (Lipinski definition) is 6. The first-order valence-corrected chi connectivity index (χ1v) is 10.8. The second-order valence-electron chi connectivity index (χ2n) is 8.51. The molecule has 2 amide bonds. The van der Waals surface area contributed by atoms with E-state index in [2.05, 4.69) is 20.3 Å². The molecule has 2 aromatic heterocycles. The molecule has 0 unspecified atom stereocenters. The van der Waals surface area contributed by atoms with E-state index >= 15 is 0 Å². The topological polar surface area (TPSA) is 104 Å². The number of aryl methyl sites for hydroxylation is 2. The lowest BCUT2D eigenvalue weighted by Crippen LogP contribution is -2.52. The standard InChI is InChI=1S/C22H30N6O3/c1-15-19(14-26(2)25-15)22(31)27-8-5-17(6-9-27)28-13-18(29)10-20(28)21(30)24-12-16-4-3-7-23-11-16/h3-4,7,11,14,17-18,20,29H,5-6,8-10,12-13H2,1-2H3,(H,24,30)/t18-,20+/m1/s1. The fourth-order valence-corrected chi connectivity index (χ4v) is 4.69. The molecule has 4 rings (SSSR count). The number of carbonyl (C=O) groups is 2. The van der Waals surface area contributed by atoms with Crippen LogP contribution in [0.5, 0.6) is 0 Å². The molecule has 2 aliphatic heterocycles. The Hall–Kier alpha value is -2.78. The summed E-state index contributed by atoms with van der Waals surface area (Å²) in [5, 5.41) is 17.5. The van der Waals surface area contributed by atoms with Gasteiger partial charge in [0.2, 0.25) is 5.91 Å². The van der Waals surface area contributed by atoms with E-state index in [1.807, 2.05) is 31.0 Å². The zero-order valence-electron chi connectivity index (χ0n) is 18.1. The summed E-state index contributed by atoms with van der Waals surface area (Å²) < 4.78 is 1.66. The number of aliphatic hydroxyl groups excluding tert-OH is 1. The maximum atomic E-state index is 12.9. The van der Waals surface area contributed by atoms with Crippen molar-refractivity contribution < 1.29 is 14.7 Å². The van der Waals surface area contributed by atoms with E-state index in [0.717, 1.165) is 24.1 Å². The normalized spacial score (nSPS) is 22.6. The molecule has 31 heavy (non-hydrogen) atoms. The molecule has 0 radical (unpaired) electrons. The van der Waals surface area contributed by atoms with Gasteiger partial charge in [0.05, 0.1) is 23.4 Å². The van der Waals surface area contributed by atoms with E-state index in [1.54, 1.807) is 23.3 Å². The van der Waals surface area contributed by atoms with E-state index in [0.29, 0.717) is 38.2 Å². The summed E-state index contributed by atoms with van der Waals surface area (Å²) in [6.45, 7) is 4.03. The molecule has 9 heteroatoms. The monoisotopic (exact) mass is 426 g/mol. The van der Waals surface area contributed by atoms with Crippen LogP contribution in [0, 0.1) is 6.92 Å². The second-order valence-corrected chi connectivity index (χ2v) is 8.51. The molecular weight excluding hydrogens is 396 g/mol. The minimum atomic E-state index is -0.508. The van der Waals surface area contributed by atoms with E-state index in [1.165, 1.54) is 0 Å². The van der Waals surface area contributed by atoms with Gasteiger partial charge in [0.25, 0.3) is 5.91 Å². The summed E-state index contributed by atoms with van der Waals surface area (Å²) in [4.78, 5) is 33.8. The van der Waals surface area contributed by atoms with Crippen LogP contribution < -0.4 is 5.32 Å². The van der Waals surface area contributed by atoms with Crippen LogP contribution in [0.1, 0.15) is 40.9 Å². The average Bonchev–Trinajstić information content (AvgIpc) is 3.33. The minimum Gasteiger partial charge on any atom is -0.392 e. The molecule has 0 bridgehead atoms. The van der Waals surface area contributed by atoms with Crippen LogP contribution in [0.15, 0.2) is 30.7 Å². The Labute approximate surface area is 182 Å². The summed E-state index contributed by atoms with van der Waals surface area (Å²) in [5.41, 5.74) is 2.33. The van der Waals surface area contributed by atoms with Crippen molar-refractivity contribution in [3.63, 3.8) is 0 Å². The highest BCUT2D eigenvalue weighted by atomic mass is 16.3. The Bertz CT molecular complexity index is 923. The van der Waals surface area contributed by atoms with Crippen LogP contribution in [0.4, 0.5) is 0 Å². The number of hydrogen-bond donors (Lipinski definition) is 2. The van der Waals surface area contributed by atoms with Crippen molar-refractivity contribution in [1.29, 1.82) is 0 Å². The second kappa shape index (κ2) is 9.15. The number of β-amino-alcohol motifs (C(OH)–C–C–N with tert-alkyl or cyclic N) is 1. The zero-order valence-corrected chi connectivity index (χ0v) is 18.1. The highest BCUT2D eigenvalue weighted by Crippen LogP contribution is 2.27. The van der Waals surface area contributed by atoms with Gasteiger partial charge >= 0.3 is 0 Å². The number of nitrogens with zero attached hydrogens (tertiary/aromatic N) is 5.